The molecule has 0 spiro atoms. The van der Waals surface area contributed by atoms with Crippen LogP contribution < -0.4 is 9.47 Å². The van der Waals surface area contributed by atoms with E-state index in [2.05, 4.69) is 50.9 Å². The number of aryl methyl sites for hydroxylation is 2. The molecule has 0 N–H and O–H groups in total. The molecule has 0 saturated heterocycles. The Kier molecular flexibility index (Phi) is 12.5. The number of ether oxygens (including phenoxy) is 2. The molecule has 0 saturated carbocycles. The third kappa shape index (κ3) is 11.4. The number of nitrogens with zero attached hydrogens (tertiary/aromatic N) is 1. The predicted octanol–water partition coefficient (Wildman–Crippen LogP) is 7.06. The molecular weight excluding hydrogens is 474 g/mol. The maximum absolute atomic E-state index is 6.01. The Morgan fingerprint density at radius 2 is 1.52 bits per heavy atom. The van der Waals surface area contributed by atoms with E-state index in [1.807, 2.05) is 32.1 Å². The van der Waals surface area contributed by atoms with Gasteiger partial charge in [-0.25, -0.2) is 0 Å². The molecule has 0 aliphatic rings. The first-order valence-corrected chi connectivity index (χ1v) is 11.0. The highest BCUT2D eigenvalue weighted by Gasteiger charge is 2.07. The molecule has 0 bridgehead atoms. The second-order valence-electron chi connectivity index (χ2n) is 6.68. The standard InChI is InChI=1S/C21H31Br2NO3/c1-16(2)24-27-12-9-7-5-6-8-11-26-21-17(3)14-19(15-18(21)4)25-13-10-20(22)23/h10,14-15H,5-9,11-13H2,1-4H3. The zero-order chi connectivity index (χ0) is 20.1. The van der Waals surface area contributed by atoms with Crippen molar-refractivity contribution in [1.29, 1.82) is 0 Å². The third-order valence-corrected chi connectivity index (χ3v) is 4.44. The van der Waals surface area contributed by atoms with Crippen LogP contribution in [0.2, 0.25) is 0 Å². The van der Waals surface area contributed by atoms with E-state index in [1.54, 1.807) is 0 Å². The van der Waals surface area contributed by atoms with Gasteiger partial charge in [0.2, 0.25) is 0 Å². The van der Waals surface area contributed by atoms with E-state index in [0.717, 1.165) is 51.2 Å². The molecule has 1 aromatic carbocycles. The number of unbranched alkanes of at least 4 members (excludes halogenated alkanes) is 4. The average molecular weight is 505 g/mol. The lowest BCUT2D eigenvalue weighted by molar-refractivity contribution is 0.139. The molecule has 4 nitrogen and oxygen atoms in total. The Morgan fingerprint density at radius 3 is 2.11 bits per heavy atom. The van der Waals surface area contributed by atoms with Crippen molar-refractivity contribution in [2.45, 2.75) is 59.8 Å². The van der Waals surface area contributed by atoms with E-state index >= 15 is 0 Å². The topological polar surface area (TPSA) is 40.0 Å². The summed E-state index contributed by atoms with van der Waals surface area (Å²) in [6.07, 6.45) is 7.57. The van der Waals surface area contributed by atoms with Crippen molar-refractivity contribution >= 4 is 37.6 Å². The highest BCUT2D eigenvalue weighted by atomic mass is 79.9. The van der Waals surface area contributed by atoms with Crippen LogP contribution in [-0.4, -0.2) is 25.5 Å². The van der Waals surface area contributed by atoms with Crippen LogP contribution in [-0.2, 0) is 4.84 Å². The summed E-state index contributed by atoms with van der Waals surface area (Å²) in [5.74, 6) is 1.83. The highest BCUT2D eigenvalue weighted by molar-refractivity contribution is 9.28. The summed E-state index contributed by atoms with van der Waals surface area (Å²) in [4.78, 5) is 5.20. The van der Waals surface area contributed by atoms with Gasteiger partial charge in [0.1, 0.15) is 24.7 Å². The van der Waals surface area contributed by atoms with E-state index in [1.165, 1.54) is 19.3 Å². The van der Waals surface area contributed by atoms with Gasteiger partial charge >= 0.3 is 0 Å². The first-order chi connectivity index (χ1) is 12.9. The summed E-state index contributed by atoms with van der Waals surface area (Å²) >= 11 is 6.64. The van der Waals surface area contributed by atoms with Crippen molar-refractivity contribution < 1.29 is 14.3 Å². The third-order valence-electron chi connectivity index (χ3n) is 3.79. The minimum atomic E-state index is 0.514. The molecule has 0 aliphatic heterocycles. The summed E-state index contributed by atoms with van der Waals surface area (Å²) in [7, 11) is 0. The molecule has 6 heteroatoms. The Morgan fingerprint density at radius 1 is 0.926 bits per heavy atom. The molecule has 27 heavy (non-hydrogen) atoms. The fourth-order valence-electron chi connectivity index (χ4n) is 2.57. The molecule has 1 rings (SSSR count). The van der Waals surface area contributed by atoms with Crippen LogP contribution in [0.3, 0.4) is 0 Å². The van der Waals surface area contributed by atoms with Gasteiger partial charge in [0.05, 0.1) is 15.7 Å². The normalized spacial score (nSPS) is 10.3. The lowest BCUT2D eigenvalue weighted by Gasteiger charge is -2.14. The number of hydrogen-bond donors (Lipinski definition) is 0. The van der Waals surface area contributed by atoms with Crippen LogP contribution >= 0.6 is 31.9 Å². The number of oxime groups is 1. The molecule has 0 radical (unpaired) electrons. The molecule has 0 aliphatic carbocycles. The Bertz CT molecular complexity index is 599. The first-order valence-electron chi connectivity index (χ1n) is 9.41. The van der Waals surface area contributed by atoms with Crippen LogP contribution in [0.5, 0.6) is 11.5 Å². The smallest absolute Gasteiger partial charge is 0.125 e. The summed E-state index contributed by atoms with van der Waals surface area (Å²) in [6, 6.07) is 4.05. The van der Waals surface area contributed by atoms with Gasteiger partial charge in [0, 0.05) is 0 Å². The molecule has 152 valence electrons. The molecular formula is C21H31Br2NO3. The minimum absolute atomic E-state index is 0.514. The monoisotopic (exact) mass is 503 g/mol. The van der Waals surface area contributed by atoms with Crippen molar-refractivity contribution in [3.8, 4) is 11.5 Å². The minimum Gasteiger partial charge on any atom is -0.493 e. The average Bonchev–Trinajstić information content (AvgIpc) is 2.58. The quantitative estimate of drug-likeness (QED) is 0.164. The highest BCUT2D eigenvalue weighted by Crippen LogP contribution is 2.29. The second-order valence-corrected chi connectivity index (χ2v) is 9.45. The molecule has 1 aromatic rings. The van der Waals surface area contributed by atoms with Gasteiger partial charge in [-0.3, -0.25) is 0 Å². The van der Waals surface area contributed by atoms with E-state index in [0.29, 0.717) is 13.2 Å². The number of rotatable bonds is 13. The van der Waals surface area contributed by atoms with Gasteiger partial charge < -0.3 is 14.3 Å². The maximum Gasteiger partial charge on any atom is 0.125 e. The van der Waals surface area contributed by atoms with Crippen molar-refractivity contribution in [2.75, 3.05) is 19.8 Å². The molecule has 0 unspecified atom stereocenters. The summed E-state index contributed by atoms with van der Waals surface area (Å²) in [5.41, 5.74) is 3.17. The largest absolute Gasteiger partial charge is 0.493 e. The van der Waals surface area contributed by atoms with Crippen molar-refractivity contribution in [1.82, 2.24) is 0 Å². The van der Waals surface area contributed by atoms with E-state index in [9.17, 15) is 0 Å². The SMILES string of the molecule is CC(C)=NOCCCCCCCOc1c(C)cc(OCC=C(Br)Br)cc1C. The van der Waals surface area contributed by atoms with E-state index < -0.39 is 0 Å². The lowest BCUT2D eigenvalue weighted by Crippen LogP contribution is -2.02. The van der Waals surface area contributed by atoms with Gasteiger partial charge in [-0.05, 0) is 108 Å². The first kappa shape index (κ1) is 24.0. The second kappa shape index (κ2) is 14.1. The predicted molar refractivity (Wildman–Crippen MR) is 121 cm³/mol. The Balaban J connectivity index is 2.24. The van der Waals surface area contributed by atoms with E-state index in [4.69, 9.17) is 14.3 Å². The van der Waals surface area contributed by atoms with Gasteiger partial charge in [-0.2, -0.15) is 0 Å². The lowest BCUT2D eigenvalue weighted by atomic mass is 10.1. The van der Waals surface area contributed by atoms with Crippen LogP contribution in [0.1, 0.15) is 57.1 Å². The van der Waals surface area contributed by atoms with Crippen molar-refractivity contribution in [3.63, 3.8) is 0 Å². The van der Waals surface area contributed by atoms with Gasteiger partial charge in [-0.15, -0.1) is 0 Å². The molecule has 0 heterocycles. The number of halogens is 2. The van der Waals surface area contributed by atoms with Gasteiger partial charge in [0.25, 0.3) is 0 Å². The maximum atomic E-state index is 6.01. The fourth-order valence-corrected chi connectivity index (χ4v) is 2.83. The van der Waals surface area contributed by atoms with Crippen LogP contribution in [0.4, 0.5) is 0 Å². The molecule has 0 atom stereocenters. The van der Waals surface area contributed by atoms with Crippen molar-refractivity contribution in [2.24, 2.45) is 5.16 Å². The molecule has 0 aromatic heterocycles. The number of benzene rings is 1. The number of hydrogen-bond acceptors (Lipinski definition) is 4. The van der Waals surface area contributed by atoms with E-state index in [-0.39, 0.29) is 0 Å². The summed E-state index contributed by atoms with van der Waals surface area (Å²) in [5, 5.41) is 3.93. The van der Waals surface area contributed by atoms with Crippen LogP contribution in [0, 0.1) is 13.8 Å². The zero-order valence-electron chi connectivity index (χ0n) is 16.8. The van der Waals surface area contributed by atoms with Crippen LogP contribution in [0.25, 0.3) is 0 Å². The molecule has 0 amide bonds. The Labute approximate surface area is 180 Å². The van der Waals surface area contributed by atoms with Gasteiger partial charge in [0.15, 0.2) is 0 Å². The summed E-state index contributed by atoms with van der Waals surface area (Å²) in [6.45, 7) is 9.96. The van der Waals surface area contributed by atoms with Gasteiger partial charge in [-0.1, -0.05) is 18.0 Å². The zero-order valence-corrected chi connectivity index (χ0v) is 20.0. The summed E-state index contributed by atoms with van der Waals surface area (Å²) < 4.78 is 12.6. The van der Waals surface area contributed by atoms with Crippen LogP contribution in [0.15, 0.2) is 26.8 Å². The molecule has 0 fully saturated rings. The van der Waals surface area contributed by atoms with Crippen molar-refractivity contribution in [3.05, 3.63) is 32.7 Å². The fraction of sp³-hybridized carbons (Fsp3) is 0.571. The Hall–Kier alpha value is -1.01.